The summed E-state index contributed by atoms with van der Waals surface area (Å²) in [7, 11) is 0. The minimum absolute atomic E-state index is 0.255. The second-order valence-corrected chi connectivity index (χ2v) is 4.47. The third kappa shape index (κ3) is 3.07. The summed E-state index contributed by atoms with van der Waals surface area (Å²) >= 11 is 3.33. The molecule has 18 heavy (non-hydrogen) atoms. The van der Waals surface area contributed by atoms with Crippen molar-refractivity contribution in [3.63, 3.8) is 0 Å². The number of carbonyl (C=O) groups is 1. The highest BCUT2D eigenvalue weighted by molar-refractivity contribution is 9.10. The fourth-order valence-corrected chi connectivity index (χ4v) is 1.66. The Kier molecular flexibility index (Phi) is 3.94. The van der Waals surface area contributed by atoms with Crippen LogP contribution in [-0.2, 0) is 0 Å². The van der Waals surface area contributed by atoms with Crippen molar-refractivity contribution in [2.75, 3.05) is 0 Å². The number of furan rings is 1. The third-order valence-electron chi connectivity index (χ3n) is 2.27. The second-order valence-electron chi connectivity index (χ2n) is 3.62. The molecule has 0 spiro atoms. The minimum Gasteiger partial charge on any atom is -0.459 e. The molecule has 2 aromatic rings. The number of hydrogen-bond acceptors (Lipinski definition) is 3. The van der Waals surface area contributed by atoms with Crippen LogP contribution < -0.4 is 5.43 Å². The van der Waals surface area contributed by atoms with Crippen LogP contribution >= 0.6 is 15.9 Å². The maximum atomic E-state index is 11.6. The standard InChI is InChI=1S/C13H11BrN2O2/c1-9-12(14)7-11(18-9)8-15-16-13(17)10-5-3-2-4-6-10/h2-8H,1H3,(H,16,17). The van der Waals surface area contributed by atoms with Crippen LogP contribution in [0.15, 0.2) is 50.4 Å². The quantitative estimate of drug-likeness (QED) is 0.699. The number of hydrazone groups is 1. The Morgan fingerprint density at radius 1 is 1.39 bits per heavy atom. The molecule has 0 fully saturated rings. The maximum absolute atomic E-state index is 11.6. The molecule has 0 aliphatic carbocycles. The van der Waals surface area contributed by atoms with E-state index in [1.807, 2.05) is 13.0 Å². The minimum atomic E-state index is -0.255. The topological polar surface area (TPSA) is 54.6 Å². The first-order chi connectivity index (χ1) is 8.66. The molecule has 0 radical (unpaired) electrons. The summed E-state index contributed by atoms with van der Waals surface area (Å²) in [6.45, 7) is 1.84. The highest BCUT2D eigenvalue weighted by Gasteiger charge is 2.03. The number of aryl methyl sites for hydroxylation is 1. The van der Waals surface area contributed by atoms with Crippen LogP contribution in [0.1, 0.15) is 21.9 Å². The predicted molar refractivity (Wildman–Crippen MR) is 72.6 cm³/mol. The fourth-order valence-electron chi connectivity index (χ4n) is 1.35. The maximum Gasteiger partial charge on any atom is 0.271 e. The molecule has 1 aromatic heterocycles. The predicted octanol–water partition coefficient (Wildman–Crippen LogP) is 3.11. The molecule has 1 N–H and O–H groups in total. The zero-order valence-electron chi connectivity index (χ0n) is 9.68. The first kappa shape index (κ1) is 12.6. The Bertz CT molecular complexity index is 556. The van der Waals surface area contributed by atoms with Gasteiger partial charge >= 0.3 is 0 Å². The first-order valence-electron chi connectivity index (χ1n) is 5.31. The van der Waals surface area contributed by atoms with Crippen molar-refractivity contribution in [1.29, 1.82) is 0 Å². The number of nitrogens with zero attached hydrogens (tertiary/aromatic N) is 1. The van der Waals surface area contributed by atoms with Gasteiger partial charge in [-0.05, 0) is 35.0 Å². The first-order valence-corrected chi connectivity index (χ1v) is 6.10. The largest absolute Gasteiger partial charge is 0.459 e. The summed E-state index contributed by atoms with van der Waals surface area (Å²) in [6, 6.07) is 10.7. The van der Waals surface area contributed by atoms with Crippen molar-refractivity contribution in [3.05, 3.63) is 58.0 Å². The number of rotatable bonds is 3. The zero-order valence-corrected chi connectivity index (χ0v) is 11.3. The highest BCUT2D eigenvalue weighted by Crippen LogP contribution is 2.18. The molecule has 0 saturated carbocycles. The Hall–Kier alpha value is -1.88. The molecule has 0 aliphatic rings. The summed E-state index contributed by atoms with van der Waals surface area (Å²) in [5.41, 5.74) is 2.99. The Labute approximate surface area is 113 Å². The Balaban J connectivity index is 1.98. The van der Waals surface area contributed by atoms with E-state index in [1.54, 1.807) is 30.3 Å². The van der Waals surface area contributed by atoms with Crippen LogP contribution in [0.4, 0.5) is 0 Å². The summed E-state index contributed by atoms with van der Waals surface area (Å²) in [4.78, 5) is 11.6. The fraction of sp³-hybridized carbons (Fsp3) is 0.0769. The summed E-state index contributed by atoms with van der Waals surface area (Å²) in [5.74, 6) is 1.09. The molecular weight excluding hydrogens is 296 g/mol. The van der Waals surface area contributed by atoms with Crippen LogP contribution in [0.3, 0.4) is 0 Å². The van der Waals surface area contributed by atoms with Crippen molar-refractivity contribution < 1.29 is 9.21 Å². The summed E-state index contributed by atoms with van der Waals surface area (Å²) in [6.07, 6.45) is 1.46. The normalized spacial score (nSPS) is 10.8. The van der Waals surface area contributed by atoms with Gasteiger partial charge in [0.05, 0.1) is 10.7 Å². The number of carbonyl (C=O) groups excluding carboxylic acids is 1. The van der Waals surface area contributed by atoms with E-state index in [1.165, 1.54) is 6.21 Å². The number of benzene rings is 1. The van der Waals surface area contributed by atoms with Gasteiger partial charge in [-0.3, -0.25) is 4.79 Å². The van der Waals surface area contributed by atoms with Gasteiger partial charge in [-0.15, -0.1) is 0 Å². The van der Waals surface area contributed by atoms with E-state index < -0.39 is 0 Å². The number of halogens is 1. The van der Waals surface area contributed by atoms with E-state index in [-0.39, 0.29) is 5.91 Å². The van der Waals surface area contributed by atoms with Gasteiger partial charge in [0.2, 0.25) is 0 Å². The second kappa shape index (κ2) is 5.64. The van der Waals surface area contributed by atoms with E-state index in [0.29, 0.717) is 11.3 Å². The van der Waals surface area contributed by atoms with Gasteiger partial charge < -0.3 is 4.42 Å². The van der Waals surface area contributed by atoms with Gasteiger partial charge in [0.15, 0.2) is 0 Å². The van der Waals surface area contributed by atoms with Gasteiger partial charge in [0.1, 0.15) is 11.5 Å². The van der Waals surface area contributed by atoms with Gasteiger partial charge in [-0.1, -0.05) is 18.2 Å². The lowest BCUT2D eigenvalue weighted by atomic mass is 10.2. The smallest absolute Gasteiger partial charge is 0.271 e. The van der Waals surface area contributed by atoms with Gasteiger partial charge in [0.25, 0.3) is 5.91 Å². The monoisotopic (exact) mass is 306 g/mol. The van der Waals surface area contributed by atoms with Gasteiger partial charge in [0, 0.05) is 11.6 Å². The molecule has 0 bridgehead atoms. The molecule has 4 nitrogen and oxygen atoms in total. The van der Waals surface area contributed by atoms with Gasteiger partial charge in [-0.2, -0.15) is 5.10 Å². The molecule has 2 rings (SSSR count). The lowest BCUT2D eigenvalue weighted by molar-refractivity contribution is 0.0955. The number of nitrogens with one attached hydrogen (secondary N) is 1. The molecule has 92 valence electrons. The summed E-state index contributed by atoms with van der Waals surface area (Å²) < 4.78 is 6.23. The lowest BCUT2D eigenvalue weighted by Crippen LogP contribution is -2.17. The molecule has 0 saturated heterocycles. The van der Waals surface area contributed by atoms with Crippen molar-refractivity contribution in [2.24, 2.45) is 5.10 Å². The highest BCUT2D eigenvalue weighted by atomic mass is 79.9. The molecule has 5 heteroatoms. The molecule has 1 heterocycles. The van der Waals surface area contributed by atoms with E-state index in [2.05, 4.69) is 26.5 Å². The molecule has 1 amide bonds. The average molecular weight is 307 g/mol. The van der Waals surface area contributed by atoms with Crippen molar-refractivity contribution in [2.45, 2.75) is 6.92 Å². The Morgan fingerprint density at radius 3 is 2.72 bits per heavy atom. The molecule has 1 aromatic carbocycles. The number of hydrogen-bond donors (Lipinski definition) is 1. The van der Waals surface area contributed by atoms with Crippen LogP contribution in [0.25, 0.3) is 0 Å². The van der Waals surface area contributed by atoms with Crippen molar-refractivity contribution >= 4 is 28.1 Å². The summed E-state index contributed by atoms with van der Waals surface area (Å²) in [5, 5.41) is 3.83. The Morgan fingerprint density at radius 2 is 2.11 bits per heavy atom. The van der Waals surface area contributed by atoms with E-state index in [4.69, 9.17) is 4.42 Å². The van der Waals surface area contributed by atoms with Crippen LogP contribution in [0.5, 0.6) is 0 Å². The van der Waals surface area contributed by atoms with Crippen LogP contribution in [0, 0.1) is 6.92 Å². The molecule has 0 atom stereocenters. The van der Waals surface area contributed by atoms with E-state index in [0.717, 1.165) is 10.2 Å². The van der Waals surface area contributed by atoms with Crippen LogP contribution in [-0.4, -0.2) is 12.1 Å². The average Bonchev–Trinajstić information content (AvgIpc) is 2.69. The third-order valence-corrected chi connectivity index (χ3v) is 3.06. The van der Waals surface area contributed by atoms with Crippen molar-refractivity contribution in [3.8, 4) is 0 Å². The molecule has 0 aliphatic heterocycles. The molecular formula is C13H11BrN2O2. The SMILES string of the molecule is Cc1oc(C=NNC(=O)c2ccccc2)cc1Br. The van der Waals surface area contributed by atoms with E-state index in [9.17, 15) is 4.79 Å². The van der Waals surface area contributed by atoms with E-state index >= 15 is 0 Å². The lowest BCUT2D eigenvalue weighted by Gasteiger charge is -1.97. The van der Waals surface area contributed by atoms with Gasteiger partial charge in [-0.25, -0.2) is 5.43 Å². The molecule has 0 unspecified atom stereocenters. The van der Waals surface area contributed by atoms with Crippen molar-refractivity contribution in [1.82, 2.24) is 5.43 Å². The number of amides is 1. The van der Waals surface area contributed by atoms with Crippen LogP contribution in [0.2, 0.25) is 0 Å². The zero-order chi connectivity index (χ0) is 13.0.